The standard InChI is InChI=1S/C31H48FNO3Si/c1-24(26-19-14-11-15-20-26)33(23-25-17-12-10-13-18-25)27(28(32)29(34)36-30(2,3)4)21-16-22-35-37(8,9)31(5,6)7/h10-15,17-20,24,27-28H,16,21-23H2,1-9H3/t24-,27-,28-/m0/s1. The molecule has 0 aliphatic rings. The van der Waals surface area contributed by atoms with E-state index in [1.165, 1.54) is 0 Å². The lowest BCUT2D eigenvalue weighted by Gasteiger charge is -2.39. The van der Waals surface area contributed by atoms with Crippen LogP contribution in [-0.4, -0.2) is 43.6 Å². The molecule has 0 N–H and O–H groups in total. The van der Waals surface area contributed by atoms with Crippen LogP contribution in [0.3, 0.4) is 0 Å². The zero-order valence-electron chi connectivity index (χ0n) is 24.4. The van der Waals surface area contributed by atoms with Crippen LogP contribution >= 0.6 is 0 Å². The molecule has 0 aromatic heterocycles. The SMILES string of the molecule is C[C@@H](c1ccccc1)N(Cc1ccccc1)[C@@H](CCCO[Si](C)(C)C(C)(C)C)[C@H](F)C(=O)OC(C)(C)C. The molecule has 0 spiro atoms. The van der Waals surface area contributed by atoms with Gasteiger partial charge in [0.15, 0.2) is 8.32 Å². The Balaban J connectivity index is 2.36. The topological polar surface area (TPSA) is 38.8 Å². The number of esters is 1. The Bertz CT molecular complexity index is 954. The number of hydrogen-bond acceptors (Lipinski definition) is 4. The van der Waals surface area contributed by atoms with E-state index in [9.17, 15) is 4.79 Å². The van der Waals surface area contributed by atoms with Gasteiger partial charge in [-0.05, 0) is 69.8 Å². The Labute approximate surface area is 225 Å². The number of carbonyl (C=O) groups is 1. The monoisotopic (exact) mass is 529 g/mol. The predicted molar refractivity (Wildman–Crippen MR) is 154 cm³/mol. The molecule has 0 amide bonds. The highest BCUT2D eigenvalue weighted by Crippen LogP contribution is 2.37. The van der Waals surface area contributed by atoms with Crippen molar-refractivity contribution < 1.29 is 18.3 Å². The number of halogens is 1. The van der Waals surface area contributed by atoms with Crippen LogP contribution in [0.4, 0.5) is 4.39 Å². The molecule has 2 aromatic carbocycles. The smallest absolute Gasteiger partial charge is 0.342 e. The number of hydrogen-bond donors (Lipinski definition) is 0. The molecule has 0 unspecified atom stereocenters. The number of alkyl halides is 1. The lowest BCUT2D eigenvalue weighted by Crippen LogP contribution is -2.48. The molecule has 4 nitrogen and oxygen atoms in total. The molecule has 37 heavy (non-hydrogen) atoms. The number of benzene rings is 2. The minimum absolute atomic E-state index is 0.103. The van der Waals surface area contributed by atoms with Crippen molar-refractivity contribution in [1.82, 2.24) is 4.90 Å². The predicted octanol–water partition coefficient (Wildman–Crippen LogP) is 8.10. The van der Waals surface area contributed by atoms with E-state index in [2.05, 4.69) is 57.8 Å². The van der Waals surface area contributed by atoms with E-state index in [-0.39, 0.29) is 11.1 Å². The summed E-state index contributed by atoms with van der Waals surface area (Å²) in [5.41, 5.74) is 1.40. The van der Waals surface area contributed by atoms with Crippen LogP contribution in [0.15, 0.2) is 60.7 Å². The highest BCUT2D eigenvalue weighted by molar-refractivity contribution is 6.74. The maximum absolute atomic E-state index is 16.1. The summed E-state index contributed by atoms with van der Waals surface area (Å²) >= 11 is 0. The maximum atomic E-state index is 16.1. The maximum Gasteiger partial charge on any atom is 0.342 e. The van der Waals surface area contributed by atoms with Crippen LogP contribution in [0.2, 0.25) is 18.1 Å². The van der Waals surface area contributed by atoms with Crippen LogP contribution in [0.1, 0.15) is 78.5 Å². The average molecular weight is 530 g/mol. The molecule has 206 valence electrons. The minimum atomic E-state index is -1.92. The first-order valence-electron chi connectivity index (χ1n) is 13.5. The molecule has 6 heteroatoms. The molecule has 0 aliphatic heterocycles. The van der Waals surface area contributed by atoms with Crippen molar-refractivity contribution in [3.63, 3.8) is 0 Å². The zero-order valence-corrected chi connectivity index (χ0v) is 25.4. The second kappa shape index (κ2) is 13.2. The van der Waals surface area contributed by atoms with E-state index in [1.807, 2.05) is 48.5 Å². The number of ether oxygens (including phenoxy) is 1. The van der Waals surface area contributed by atoms with Crippen LogP contribution in [-0.2, 0) is 20.5 Å². The van der Waals surface area contributed by atoms with Crippen molar-refractivity contribution in [3.05, 3.63) is 71.8 Å². The molecule has 0 aliphatic carbocycles. The molecule has 0 heterocycles. The van der Waals surface area contributed by atoms with Gasteiger partial charge in [0.1, 0.15) is 5.60 Å². The van der Waals surface area contributed by atoms with Gasteiger partial charge >= 0.3 is 5.97 Å². The molecule has 0 saturated carbocycles. The summed E-state index contributed by atoms with van der Waals surface area (Å²) in [6, 6.07) is 19.4. The third-order valence-corrected chi connectivity index (χ3v) is 11.8. The van der Waals surface area contributed by atoms with Gasteiger partial charge in [-0.25, -0.2) is 9.18 Å². The quantitative estimate of drug-likeness (QED) is 0.158. The summed E-state index contributed by atoms with van der Waals surface area (Å²) in [4.78, 5) is 15.1. The van der Waals surface area contributed by atoms with Gasteiger partial charge in [0.25, 0.3) is 0 Å². The van der Waals surface area contributed by atoms with Crippen LogP contribution in [0, 0.1) is 0 Å². The van der Waals surface area contributed by atoms with Crippen LogP contribution in [0.25, 0.3) is 0 Å². The molecule has 0 radical (unpaired) electrons. The molecule has 0 bridgehead atoms. The third-order valence-electron chi connectivity index (χ3n) is 7.30. The van der Waals surface area contributed by atoms with Gasteiger partial charge in [-0.3, -0.25) is 4.90 Å². The lowest BCUT2D eigenvalue weighted by molar-refractivity contribution is -0.164. The van der Waals surface area contributed by atoms with Gasteiger partial charge in [-0.15, -0.1) is 0 Å². The van der Waals surface area contributed by atoms with Crippen molar-refractivity contribution in [2.75, 3.05) is 6.61 Å². The second-order valence-electron chi connectivity index (χ2n) is 12.5. The first kappa shape index (κ1) is 31.2. The fourth-order valence-corrected chi connectivity index (χ4v) is 5.18. The molecular weight excluding hydrogens is 481 g/mol. The zero-order chi connectivity index (χ0) is 27.9. The molecule has 3 atom stereocenters. The molecular formula is C31H48FNO3Si. The first-order chi connectivity index (χ1) is 17.1. The van der Waals surface area contributed by atoms with E-state index >= 15 is 4.39 Å². The Hall–Kier alpha value is -2.02. The van der Waals surface area contributed by atoms with Crippen LogP contribution < -0.4 is 0 Å². The summed E-state index contributed by atoms with van der Waals surface area (Å²) in [5.74, 6) is -0.805. The van der Waals surface area contributed by atoms with Gasteiger partial charge in [-0.2, -0.15) is 0 Å². The van der Waals surface area contributed by atoms with E-state index in [0.717, 1.165) is 11.1 Å². The largest absolute Gasteiger partial charge is 0.458 e. The van der Waals surface area contributed by atoms with E-state index in [4.69, 9.17) is 9.16 Å². The average Bonchev–Trinajstić information content (AvgIpc) is 2.81. The summed E-state index contributed by atoms with van der Waals surface area (Å²) in [6.45, 7) is 19.6. The fourth-order valence-electron chi connectivity index (χ4n) is 4.09. The fraction of sp³-hybridized carbons (Fsp3) is 0.581. The highest BCUT2D eigenvalue weighted by atomic mass is 28.4. The van der Waals surface area contributed by atoms with Crippen LogP contribution in [0.5, 0.6) is 0 Å². The van der Waals surface area contributed by atoms with Crippen molar-refractivity contribution >= 4 is 14.3 Å². The Kier molecular flexibility index (Phi) is 11.1. The van der Waals surface area contributed by atoms with Gasteiger partial charge < -0.3 is 9.16 Å². The molecule has 0 saturated heterocycles. The van der Waals surface area contributed by atoms with E-state index in [0.29, 0.717) is 26.0 Å². The van der Waals surface area contributed by atoms with Gasteiger partial charge in [0, 0.05) is 19.2 Å². The number of rotatable bonds is 12. The Morgan fingerprint density at radius 3 is 2.00 bits per heavy atom. The Morgan fingerprint density at radius 1 is 0.946 bits per heavy atom. The minimum Gasteiger partial charge on any atom is -0.458 e. The van der Waals surface area contributed by atoms with Crippen molar-refractivity contribution in [2.45, 2.75) is 110 Å². The summed E-state index contributed by atoms with van der Waals surface area (Å²) in [5, 5.41) is 0.104. The summed E-state index contributed by atoms with van der Waals surface area (Å²) < 4.78 is 28.0. The van der Waals surface area contributed by atoms with Crippen molar-refractivity contribution in [2.24, 2.45) is 0 Å². The second-order valence-corrected chi connectivity index (χ2v) is 17.3. The molecule has 2 rings (SSSR count). The number of carbonyl (C=O) groups excluding carboxylic acids is 1. The van der Waals surface area contributed by atoms with Crippen molar-refractivity contribution in [3.8, 4) is 0 Å². The number of nitrogens with zero attached hydrogens (tertiary/aromatic N) is 1. The summed E-state index contributed by atoms with van der Waals surface area (Å²) in [6.07, 6.45) is -0.631. The normalized spacial score (nSPS) is 15.3. The van der Waals surface area contributed by atoms with Crippen molar-refractivity contribution in [1.29, 1.82) is 0 Å². The highest BCUT2D eigenvalue weighted by Gasteiger charge is 2.39. The summed E-state index contributed by atoms with van der Waals surface area (Å²) in [7, 11) is -1.92. The first-order valence-corrected chi connectivity index (χ1v) is 16.4. The third kappa shape index (κ3) is 9.66. The Morgan fingerprint density at radius 2 is 1.49 bits per heavy atom. The van der Waals surface area contributed by atoms with E-state index < -0.39 is 32.1 Å². The van der Waals surface area contributed by atoms with Gasteiger partial charge in [0.2, 0.25) is 6.17 Å². The molecule has 0 fully saturated rings. The molecule has 2 aromatic rings. The van der Waals surface area contributed by atoms with Gasteiger partial charge in [-0.1, -0.05) is 81.4 Å². The van der Waals surface area contributed by atoms with Gasteiger partial charge in [0.05, 0.1) is 6.04 Å². The van der Waals surface area contributed by atoms with E-state index in [1.54, 1.807) is 20.8 Å². The lowest BCUT2D eigenvalue weighted by atomic mass is 9.97.